The average Bonchev–Trinajstić information content (AvgIpc) is 3.31. The van der Waals surface area contributed by atoms with Gasteiger partial charge in [-0.3, -0.25) is 14.4 Å². The number of aliphatic hydroxyl groups excluding tert-OH is 2. The van der Waals surface area contributed by atoms with Crippen molar-refractivity contribution in [2.45, 2.75) is 263 Å². The van der Waals surface area contributed by atoms with Crippen LogP contribution in [-0.4, -0.2) is 89.2 Å². The van der Waals surface area contributed by atoms with Crippen LogP contribution in [0.1, 0.15) is 226 Å². The van der Waals surface area contributed by atoms with Crippen molar-refractivity contribution in [3.8, 4) is 0 Å². The summed E-state index contributed by atoms with van der Waals surface area (Å²) in [5.74, 6) is -3.21. The van der Waals surface area contributed by atoms with Gasteiger partial charge in [0.2, 0.25) is 0 Å². The van der Waals surface area contributed by atoms with E-state index in [2.05, 4.69) is 57.2 Å². The van der Waals surface area contributed by atoms with Gasteiger partial charge >= 0.3 is 23.9 Å². The summed E-state index contributed by atoms with van der Waals surface area (Å²) < 4.78 is 28.2. The minimum Gasteiger partial charge on any atom is -0.479 e. The number of rotatable bonds is 44. The summed E-state index contributed by atoms with van der Waals surface area (Å²) in [5.41, 5.74) is 0. The van der Waals surface area contributed by atoms with E-state index >= 15 is 0 Å². The maximum absolute atomic E-state index is 13.1. The SMILES string of the molecule is CC/C=C\C/C=C\C/C=C\C/C=C\CCC(=O)OCC(COC1OC(C(=O)O)C(O)C(O)C1OC(=O)CCCCCCCCCCCCC)OC(=O)CCCCCCCCCCCCCCC. The minimum atomic E-state index is -1.91. The van der Waals surface area contributed by atoms with Gasteiger partial charge in [0, 0.05) is 19.3 Å². The summed E-state index contributed by atoms with van der Waals surface area (Å²) in [6.45, 7) is 5.78. The summed E-state index contributed by atoms with van der Waals surface area (Å²) in [5, 5.41) is 31.3. The number of carboxylic acid groups (broad SMARTS) is 1. The van der Waals surface area contributed by atoms with Crippen molar-refractivity contribution in [2.75, 3.05) is 13.2 Å². The molecule has 0 aromatic carbocycles. The Bertz CT molecular complexity index is 1360. The first kappa shape index (κ1) is 61.7. The Balaban J connectivity index is 2.77. The second-order valence-corrected chi connectivity index (χ2v) is 18.1. The van der Waals surface area contributed by atoms with E-state index in [1.54, 1.807) is 0 Å². The molecule has 0 aromatic heterocycles. The number of ether oxygens (including phenoxy) is 5. The number of carbonyl (C=O) groups excluding carboxylic acids is 3. The van der Waals surface area contributed by atoms with Crippen LogP contribution in [0.5, 0.6) is 0 Å². The molecule has 0 saturated carbocycles. The Labute approximate surface area is 405 Å². The summed E-state index contributed by atoms with van der Waals surface area (Å²) >= 11 is 0. The Kier molecular flexibility index (Phi) is 40.4. The van der Waals surface area contributed by atoms with E-state index in [0.717, 1.165) is 70.6 Å². The normalized spacial score (nSPS) is 19.2. The third-order valence-corrected chi connectivity index (χ3v) is 11.9. The highest BCUT2D eigenvalue weighted by molar-refractivity contribution is 5.74. The Morgan fingerprint density at radius 3 is 1.40 bits per heavy atom. The molecule has 386 valence electrons. The Hall–Kier alpha value is -3.32. The molecule has 0 aliphatic carbocycles. The smallest absolute Gasteiger partial charge is 0.335 e. The molecule has 12 nitrogen and oxygen atoms in total. The molecular weight excluding hydrogens is 853 g/mol. The summed E-state index contributed by atoms with van der Waals surface area (Å²) in [6.07, 6.45) is 38.3. The number of hydrogen-bond acceptors (Lipinski definition) is 11. The van der Waals surface area contributed by atoms with Gasteiger partial charge in [-0.2, -0.15) is 0 Å². The molecule has 0 spiro atoms. The first-order chi connectivity index (χ1) is 32.6. The molecule has 1 fully saturated rings. The maximum atomic E-state index is 13.1. The fourth-order valence-electron chi connectivity index (χ4n) is 7.85. The van der Waals surface area contributed by atoms with Crippen LogP contribution >= 0.6 is 0 Å². The van der Waals surface area contributed by atoms with Crippen molar-refractivity contribution in [1.29, 1.82) is 0 Å². The topological polar surface area (TPSA) is 175 Å². The second kappa shape index (κ2) is 43.9. The van der Waals surface area contributed by atoms with Gasteiger partial charge in [-0.15, -0.1) is 0 Å². The number of carboxylic acids is 1. The largest absolute Gasteiger partial charge is 0.479 e. The quantitative estimate of drug-likeness (QED) is 0.0228. The van der Waals surface area contributed by atoms with Gasteiger partial charge in [0.1, 0.15) is 18.8 Å². The summed E-state index contributed by atoms with van der Waals surface area (Å²) in [6, 6.07) is 0. The van der Waals surface area contributed by atoms with E-state index in [1.807, 2.05) is 12.2 Å². The molecule has 0 radical (unpaired) electrons. The molecule has 67 heavy (non-hydrogen) atoms. The van der Waals surface area contributed by atoms with Crippen LogP contribution in [0.3, 0.4) is 0 Å². The Morgan fingerprint density at radius 1 is 0.507 bits per heavy atom. The van der Waals surface area contributed by atoms with Crippen molar-refractivity contribution >= 4 is 23.9 Å². The van der Waals surface area contributed by atoms with E-state index in [0.29, 0.717) is 19.3 Å². The molecule has 1 saturated heterocycles. The van der Waals surface area contributed by atoms with Crippen LogP contribution in [0.15, 0.2) is 48.6 Å². The fraction of sp³-hybridized carbons (Fsp3) is 0.782. The lowest BCUT2D eigenvalue weighted by Gasteiger charge is -2.40. The molecule has 0 amide bonds. The lowest BCUT2D eigenvalue weighted by Crippen LogP contribution is -2.61. The molecule has 1 aliphatic heterocycles. The molecule has 1 aliphatic rings. The first-order valence-electron chi connectivity index (χ1n) is 26.6. The van der Waals surface area contributed by atoms with Crippen LogP contribution in [0.4, 0.5) is 0 Å². The highest BCUT2D eigenvalue weighted by Crippen LogP contribution is 2.26. The average molecular weight is 947 g/mol. The van der Waals surface area contributed by atoms with E-state index in [4.69, 9.17) is 23.7 Å². The summed E-state index contributed by atoms with van der Waals surface area (Å²) in [7, 11) is 0. The van der Waals surface area contributed by atoms with Gasteiger partial charge in [0.15, 0.2) is 24.6 Å². The van der Waals surface area contributed by atoms with Crippen LogP contribution < -0.4 is 0 Å². The standard InChI is InChI=1S/C55H94O12/c1-4-7-10-13-16-19-22-24-27-29-32-35-38-41-47(56)63-44-46(65-48(57)42-39-36-33-31-28-25-23-20-17-14-11-8-5-2)45-64-55-53(51(60)50(59)52(67-55)54(61)62)66-49(58)43-40-37-34-30-26-21-18-15-12-9-6-3/h7,10,16,19,24,27,32,35,46,50-53,55,59-60H,4-6,8-9,11-15,17-18,20-23,25-26,28-31,33-34,36-45H2,1-3H3,(H,61,62)/b10-7-,19-16-,27-24-,35-32-. The van der Waals surface area contributed by atoms with Gasteiger partial charge < -0.3 is 39.0 Å². The van der Waals surface area contributed by atoms with Crippen LogP contribution in [0, 0.1) is 0 Å². The molecule has 1 heterocycles. The van der Waals surface area contributed by atoms with Crippen LogP contribution in [0.2, 0.25) is 0 Å². The number of allylic oxidation sites excluding steroid dienone is 8. The molecule has 0 bridgehead atoms. The number of carbonyl (C=O) groups is 4. The number of aliphatic carboxylic acids is 1. The van der Waals surface area contributed by atoms with Gasteiger partial charge in [0.05, 0.1) is 6.61 Å². The van der Waals surface area contributed by atoms with E-state index in [-0.39, 0.29) is 25.9 Å². The molecule has 12 heteroatoms. The maximum Gasteiger partial charge on any atom is 0.335 e. The molecule has 1 rings (SSSR count). The monoisotopic (exact) mass is 947 g/mol. The second-order valence-electron chi connectivity index (χ2n) is 18.1. The minimum absolute atomic E-state index is 0.0573. The van der Waals surface area contributed by atoms with Crippen LogP contribution in [-0.2, 0) is 42.9 Å². The number of unbranched alkanes of at least 4 members (excludes halogenated alkanes) is 22. The number of esters is 3. The lowest BCUT2D eigenvalue weighted by atomic mass is 9.98. The number of hydrogen-bond donors (Lipinski definition) is 3. The van der Waals surface area contributed by atoms with Gasteiger partial charge in [-0.25, -0.2) is 4.79 Å². The molecule has 0 aromatic rings. The fourth-order valence-corrected chi connectivity index (χ4v) is 7.85. The third-order valence-electron chi connectivity index (χ3n) is 11.9. The molecular formula is C55H94O12. The predicted octanol–water partition coefficient (Wildman–Crippen LogP) is 12.7. The Morgan fingerprint density at radius 2 is 0.940 bits per heavy atom. The van der Waals surface area contributed by atoms with Gasteiger partial charge in [-0.05, 0) is 44.9 Å². The lowest BCUT2D eigenvalue weighted by molar-refractivity contribution is -0.301. The van der Waals surface area contributed by atoms with E-state index < -0.39 is 67.3 Å². The van der Waals surface area contributed by atoms with E-state index in [9.17, 15) is 34.5 Å². The van der Waals surface area contributed by atoms with Crippen molar-refractivity contribution in [3.63, 3.8) is 0 Å². The first-order valence-corrected chi connectivity index (χ1v) is 26.6. The zero-order valence-corrected chi connectivity index (χ0v) is 42.1. The highest BCUT2D eigenvalue weighted by atomic mass is 16.7. The zero-order valence-electron chi connectivity index (χ0n) is 42.1. The van der Waals surface area contributed by atoms with Gasteiger partial charge in [0.25, 0.3) is 0 Å². The zero-order chi connectivity index (χ0) is 49.0. The molecule has 6 unspecified atom stereocenters. The van der Waals surface area contributed by atoms with Crippen molar-refractivity contribution < 1.29 is 58.2 Å². The molecule has 3 N–H and O–H groups in total. The van der Waals surface area contributed by atoms with Crippen molar-refractivity contribution in [3.05, 3.63) is 48.6 Å². The predicted molar refractivity (Wildman–Crippen MR) is 266 cm³/mol. The van der Waals surface area contributed by atoms with Gasteiger partial charge in [-0.1, -0.05) is 211 Å². The highest BCUT2D eigenvalue weighted by Gasteiger charge is 2.50. The number of aliphatic hydroxyl groups is 2. The third kappa shape index (κ3) is 34.6. The molecule has 6 atom stereocenters. The van der Waals surface area contributed by atoms with Crippen molar-refractivity contribution in [2.24, 2.45) is 0 Å². The van der Waals surface area contributed by atoms with Crippen molar-refractivity contribution in [1.82, 2.24) is 0 Å². The summed E-state index contributed by atoms with van der Waals surface area (Å²) in [4.78, 5) is 50.8. The van der Waals surface area contributed by atoms with Crippen LogP contribution in [0.25, 0.3) is 0 Å². The van der Waals surface area contributed by atoms with E-state index in [1.165, 1.54) is 96.3 Å².